The highest BCUT2D eigenvalue weighted by Crippen LogP contribution is 2.27. The molecule has 0 aliphatic carbocycles. The van der Waals surface area contributed by atoms with Crippen LogP contribution in [-0.2, 0) is 5.88 Å². The van der Waals surface area contributed by atoms with Crippen molar-refractivity contribution in [1.29, 1.82) is 0 Å². The first-order chi connectivity index (χ1) is 8.11. The number of hydrogen-bond donors (Lipinski definition) is 0. The maximum atomic E-state index is 5.86. The summed E-state index contributed by atoms with van der Waals surface area (Å²) in [6.07, 6.45) is 1.29. The van der Waals surface area contributed by atoms with Gasteiger partial charge in [0.25, 0.3) is 0 Å². The molecule has 1 aliphatic rings. The predicted octanol–water partition coefficient (Wildman–Crippen LogP) is 3.61. The first-order valence-electron chi connectivity index (χ1n) is 6.39. The minimum absolute atomic E-state index is 0.549. The van der Waals surface area contributed by atoms with Crippen LogP contribution in [0.15, 0.2) is 12.1 Å². The highest BCUT2D eigenvalue weighted by atomic mass is 35.5. The quantitative estimate of drug-likeness (QED) is 0.764. The van der Waals surface area contributed by atoms with E-state index in [1.165, 1.54) is 6.42 Å². The normalized spacial score (nSPS) is 20.3. The van der Waals surface area contributed by atoms with Crippen LogP contribution >= 0.6 is 11.6 Å². The van der Waals surface area contributed by atoms with Gasteiger partial charge in [0.05, 0.1) is 0 Å². The first-order valence-corrected chi connectivity index (χ1v) is 6.92. The molecule has 0 amide bonds. The van der Waals surface area contributed by atoms with Gasteiger partial charge in [0.1, 0.15) is 5.82 Å². The van der Waals surface area contributed by atoms with Gasteiger partial charge in [0.2, 0.25) is 0 Å². The third-order valence-corrected chi connectivity index (χ3v) is 4.10. The number of alkyl halides is 1. The van der Waals surface area contributed by atoms with Crippen molar-refractivity contribution in [1.82, 2.24) is 4.98 Å². The Morgan fingerprint density at radius 1 is 1.47 bits per heavy atom. The van der Waals surface area contributed by atoms with E-state index in [4.69, 9.17) is 11.6 Å². The molecule has 3 heteroatoms. The lowest BCUT2D eigenvalue weighted by atomic mass is 9.95. The summed E-state index contributed by atoms with van der Waals surface area (Å²) in [6.45, 7) is 8.93. The Bertz CT molecular complexity index is 390. The smallest absolute Gasteiger partial charge is 0.128 e. The molecule has 0 spiro atoms. The Hall–Kier alpha value is -0.760. The van der Waals surface area contributed by atoms with Crippen molar-refractivity contribution < 1.29 is 0 Å². The third kappa shape index (κ3) is 2.74. The van der Waals surface area contributed by atoms with Gasteiger partial charge in [-0.25, -0.2) is 4.98 Å². The summed E-state index contributed by atoms with van der Waals surface area (Å²) in [5.41, 5.74) is 2.19. The molecule has 0 radical (unpaired) electrons. The Morgan fingerprint density at radius 2 is 2.24 bits per heavy atom. The van der Waals surface area contributed by atoms with Crippen molar-refractivity contribution >= 4 is 17.4 Å². The molecule has 94 valence electrons. The Kier molecular flexibility index (Phi) is 3.93. The van der Waals surface area contributed by atoms with E-state index >= 15 is 0 Å². The number of pyridine rings is 1. The second kappa shape index (κ2) is 5.26. The molecule has 0 aromatic carbocycles. The maximum Gasteiger partial charge on any atom is 0.128 e. The fourth-order valence-electron chi connectivity index (χ4n) is 2.43. The van der Waals surface area contributed by atoms with E-state index in [0.29, 0.717) is 5.88 Å². The SMILES string of the molecule is Cc1nc(N2CCC(C(C)C)C2)ccc1CCl. The van der Waals surface area contributed by atoms with Crippen LogP contribution in [0.1, 0.15) is 31.5 Å². The summed E-state index contributed by atoms with van der Waals surface area (Å²) in [5.74, 6) is 3.24. The lowest BCUT2D eigenvalue weighted by molar-refractivity contribution is 0.422. The van der Waals surface area contributed by atoms with E-state index in [2.05, 4.69) is 35.9 Å². The van der Waals surface area contributed by atoms with Crippen LogP contribution in [0, 0.1) is 18.8 Å². The number of aryl methyl sites for hydroxylation is 1. The highest BCUT2D eigenvalue weighted by molar-refractivity contribution is 6.17. The van der Waals surface area contributed by atoms with Gasteiger partial charge in [-0.1, -0.05) is 19.9 Å². The molecule has 17 heavy (non-hydrogen) atoms. The second-order valence-corrected chi connectivity index (χ2v) is 5.55. The van der Waals surface area contributed by atoms with Crippen molar-refractivity contribution in [2.75, 3.05) is 18.0 Å². The summed E-state index contributed by atoms with van der Waals surface area (Å²) < 4.78 is 0. The summed E-state index contributed by atoms with van der Waals surface area (Å²) in [6, 6.07) is 4.21. The molecule has 1 aliphatic heterocycles. The molecule has 2 heterocycles. The Labute approximate surface area is 109 Å². The monoisotopic (exact) mass is 252 g/mol. The Morgan fingerprint density at radius 3 is 2.76 bits per heavy atom. The molecule has 2 nitrogen and oxygen atoms in total. The van der Waals surface area contributed by atoms with Crippen molar-refractivity contribution in [3.05, 3.63) is 23.4 Å². The number of halogens is 1. The molecule has 0 N–H and O–H groups in total. The molecular formula is C14H21ClN2. The lowest BCUT2D eigenvalue weighted by Gasteiger charge is -2.19. The molecule has 1 fully saturated rings. The maximum absolute atomic E-state index is 5.86. The lowest BCUT2D eigenvalue weighted by Crippen LogP contribution is -2.22. The zero-order chi connectivity index (χ0) is 12.4. The second-order valence-electron chi connectivity index (χ2n) is 5.29. The number of anilines is 1. The topological polar surface area (TPSA) is 16.1 Å². The number of nitrogens with zero attached hydrogens (tertiary/aromatic N) is 2. The van der Waals surface area contributed by atoms with Gasteiger partial charge >= 0.3 is 0 Å². The van der Waals surface area contributed by atoms with Crippen LogP contribution in [0.2, 0.25) is 0 Å². The van der Waals surface area contributed by atoms with Crippen molar-refractivity contribution in [2.24, 2.45) is 11.8 Å². The van der Waals surface area contributed by atoms with Gasteiger partial charge in [-0.05, 0) is 36.8 Å². The Balaban J connectivity index is 2.11. The van der Waals surface area contributed by atoms with Crippen LogP contribution < -0.4 is 4.90 Å². The van der Waals surface area contributed by atoms with Crippen molar-refractivity contribution in [3.8, 4) is 0 Å². The number of hydrogen-bond acceptors (Lipinski definition) is 2. The van der Waals surface area contributed by atoms with E-state index in [1.54, 1.807) is 0 Å². The standard InChI is InChI=1S/C14H21ClN2/c1-10(2)13-6-7-17(9-13)14-5-4-12(8-15)11(3)16-14/h4-5,10,13H,6-9H2,1-3H3. The number of aromatic nitrogens is 1. The molecule has 1 unspecified atom stereocenters. The summed E-state index contributed by atoms with van der Waals surface area (Å²) in [4.78, 5) is 7.06. The fraction of sp³-hybridized carbons (Fsp3) is 0.643. The van der Waals surface area contributed by atoms with Gasteiger partial charge in [-0.2, -0.15) is 0 Å². The predicted molar refractivity (Wildman–Crippen MR) is 73.7 cm³/mol. The fourth-order valence-corrected chi connectivity index (χ4v) is 2.72. The zero-order valence-corrected chi connectivity index (χ0v) is 11.7. The number of rotatable bonds is 3. The average Bonchev–Trinajstić information content (AvgIpc) is 2.78. The molecule has 0 bridgehead atoms. The first kappa shape index (κ1) is 12.7. The van der Waals surface area contributed by atoms with Gasteiger partial charge in [-0.15, -0.1) is 11.6 Å². The van der Waals surface area contributed by atoms with Gasteiger partial charge in [-0.3, -0.25) is 0 Å². The van der Waals surface area contributed by atoms with Crippen LogP contribution in [0.25, 0.3) is 0 Å². The van der Waals surface area contributed by atoms with E-state index in [-0.39, 0.29) is 0 Å². The van der Waals surface area contributed by atoms with E-state index in [9.17, 15) is 0 Å². The van der Waals surface area contributed by atoms with Crippen molar-refractivity contribution in [2.45, 2.75) is 33.1 Å². The molecular weight excluding hydrogens is 232 g/mol. The highest BCUT2D eigenvalue weighted by Gasteiger charge is 2.25. The summed E-state index contributed by atoms with van der Waals surface area (Å²) in [5, 5.41) is 0. The van der Waals surface area contributed by atoms with Crippen LogP contribution in [0.5, 0.6) is 0 Å². The largest absolute Gasteiger partial charge is 0.356 e. The summed E-state index contributed by atoms with van der Waals surface area (Å²) in [7, 11) is 0. The van der Waals surface area contributed by atoms with Crippen LogP contribution in [-0.4, -0.2) is 18.1 Å². The van der Waals surface area contributed by atoms with E-state index < -0.39 is 0 Å². The van der Waals surface area contributed by atoms with E-state index in [0.717, 1.165) is 42.0 Å². The molecule has 1 aromatic rings. The zero-order valence-electron chi connectivity index (χ0n) is 10.9. The molecule has 2 rings (SSSR count). The van der Waals surface area contributed by atoms with Crippen LogP contribution in [0.4, 0.5) is 5.82 Å². The van der Waals surface area contributed by atoms with Gasteiger partial charge in [0, 0.05) is 24.7 Å². The molecule has 0 saturated carbocycles. The molecule has 1 saturated heterocycles. The van der Waals surface area contributed by atoms with Gasteiger partial charge in [0.15, 0.2) is 0 Å². The van der Waals surface area contributed by atoms with E-state index in [1.807, 2.05) is 6.92 Å². The molecule has 1 aromatic heterocycles. The third-order valence-electron chi connectivity index (χ3n) is 3.82. The minimum Gasteiger partial charge on any atom is -0.356 e. The molecule has 1 atom stereocenters. The summed E-state index contributed by atoms with van der Waals surface area (Å²) >= 11 is 5.86. The van der Waals surface area contributed by atoms with Crippen molar-refractivity contribution in [3.63, 3.8) is 0 Å². The van der Waals surface area contributed by atoms with Gasteiger partial charge < -0.3 is 4.90 Å². The average molecular weight is 253 g/mol. The van der Waals surface area contributed by atoms with Crippen LogP contribution in [0.3, 0.4) is 0 Å². The minimum atomic E-state index is 0.549.